The van der Waals surface area contributed by atoms with Gasteiger partial charge in [0.2, 0.25) is 5.13 Å². The molecule has 88 valence electrons. The average molecular weight is 266 g/mol. The Bertz CT molecular complexity index is 505. The molecule has 0 unspecified atom stereocenters. The SMILES string of the molecule is ClCc1ccc(Nc2nc(C3CC3)ns2)cc1. The molecular weight excluding hydrogens is 254 g/mol. The highest BCUT2D eigenvalue weighted by Gasteiger charge is 2.27. The van der Waals surface area contributed by atoms with Crippen LogP contribution in [0.2, 0.25) is 0 Å². The van der Waals surface area contributed by atoms with Crippen molar-refractivity contribution in [1.29, 1.82) is 0 Å². The van der Waals surface area contributed by atoms with Gasteiger partial charge in [-0.3, -0.25) is 0 Å². The molecule has 0 spiro atoms. The van der Waals surface area contributed by atoms with E-state index in [2.05, 4.69) is 14.7 Å². The first-order chi connectivity index (χ1) is 8.35. The monoisotopic (exact) mass is 265 g/mol. The quantitative estimate of drug-likeness (QED) is 0.852. The van der Waals surface area contributed by atoms with Gasteiger partial charge in [0.15, 0.2) is 0 Å². The Balaban J connectivity index is 1.71. The number of aromatic nitrogens is 2. The van der Waals surface area contributed by atoms with Gasteiger partial charge >= 0.3 is 0 Å². The summed E-state index contributed by atoms with van der Waals surface area (Å²) in [6, 6.07) is 8.04. The molecule has 1 saturated carbocycles. The molecule has 1 aliphatic carbocycles. The normalized spacial score (nSPS) is 14.9. The Kier molecular flexibility index (Phi) is 2.99. The summed E-state index contributed by atoms with van der Waals surface area (Å²) in [5.41, 5.74) is 2.14. The van der Waals surface area contributed by atoms with E-state index in [0.29, 0.717) is 11.8 Å². The van der Waals surface area contributed by atoms with Gasteiger partial charge < -0.3 is 5.32 Å². The van der Waals surface area contributed by atoms with Crippen LogP contribution in [0.1, 0.15) is 30.1 Å². The van der Waals surface area contributed by atoms with Crippen LogP contribution in [0.15, 0.2) is 24.3 Å². The van der Waals surface area contributed by atoms with Gasteiger partial charge in [0.25, 0.3) is 0 Å². The smallest absolute Gasteiger partial charge is 0.207 e. The molecule has 1 aromatic carbocycles. The van der Waals surface area contributed by atoms with Gasteiger partial charge in [0.1, 0.15) is 5.82 Å². The molecule has 0 bridgehead atoms. The van der Waals surface area contributed by atoms with Crippen LogP contribution in [0.25, 0.3) is 0 Å². The number of anilines is 2. The van der Waals surface area contributed by atoms with Crippen LogP contribution < -0.4 is 5.32 Å². The fourth-order valence-electron chi connectivity index (χ4n) is 1.59. The van der Waals surface area contributed by atoms with E-state index >= 15 is 0 Å². The minimum absolute atomic E-state index is 0.547. The van der Waals surface area contributed by atoms with Gasteiger partial charge in [-0.1, -0.05) is 12.1 Å². The highest BCUT2D eigenvalue weighted by Crippen LogP contribution is 2.39. The van der Waals surface area contributed by atoms with Crippen LogP contribution >= 0.6 is 23.1 Å². The molecule has 17 heavy (non-hydrogen) atoms. The Hall–Kier alpha value is -1.13. The minimum atomic E-state index is 0.547. The van der Waals surface area contributed by atoms with Gasteiger partial charge in [-0.2, -0.15) is 4.37 Å². The largest absolute Gasteiger partial charge is 0.330 e. The summed E-state index contributed by atoms with van der Waals surface area (Å²) in [6.45, 7) is 0. The Morgan fingerprint density at radius 2 is 2.06 bits per heavy atom. The molecule has 0 radical (unpaired) electrons. The van der Waals surface area contributed by atoms with Crippen molar-refractivity contribution < 1.29 is 0 Å². The van der Waals surface area contributed by atoms with E-state index in [4.69, 9.17) is 11.6 Å². The molecule has 5 heteroatoms. The van der Waals surface area contributed by atoms with Gasteiger partial charge in [-0.25, -0.2) is 4.98 Å². The summed E-state index contributed by atoms with van der Waals surface area (Å²) < 4.78 is 4.36. The molecule has 2 aromatic rings. The fourth-order valence-corrected chi connectivity index (χ4v) is 2.44. The van der Waals surface area contributed by atoms with Crippen LogP contribution in [0.3, 0.4) is 0 Å². The van der Waals surface area contributed by atoms with E-state index in [1.807, 2.05) is 24.3 Å². The molecule has 0 amide bonds. The van der Waals surface area contributed by atoms with Crippen molar-refractivity contribution >= 4 is 34.0 Å². The van der Waals surface area contributed by atoms with E-state index in [9.17, 15) is 0 Å². The van der Waals surface area contributed by atoms with Crippen molar-refractivity contribution in [1.82, 2.24) is 9.36 Å². The molecule has 3 nitrogen and oxygen atoms in total. The molecule has 1 N–H and O–H groups in total. The Labute approximate surface area is 109 Å². The van der Waals surface area contributed by atoms with Crippen molar-refractivity contribution in [2.24, 2.45) is 0 Å². The third-order valence-electron chi connectivity index (χ3n) is 2.74. The van der Waals surface area contributed by atoms with Gasteiger partial charge in [0, 0.05) is 29.0 Å². The zero-order valence-electron chi connectivity index (χ0n) is 9.19. The lowest BCUT2D eigenvalue weighted by Gasteiger charge is -2.02. The average Bonchev–Trinajstić information content (AvgIpc) is 3.12. The number of nitrogens with zero attached hydrogens (tertiary/aromatic N) is 2. The van der Waals surface area contributed by atoms with Crippen molar-refractivity contribution in [3.63, 3.8) is 0 Å². The molecular formula is C12H12ClN3S. The first-order valence-electron chi connectivity index (χ1n) is 5.60. The van der Waals surface area contributed by atoms with Gasteiger partial charge in [-0.05, 0) is 30.5 Å². The number of benzene rings is 1. The van der Waals surface area contributed by atoms with E-state index in [1.165, 1.54) is 24.4 Å². The summed E-state index contributed by atoms with van der Waals surface area (Å²) in [4.78, 5) is 4.48. The summed E-state index contributed by atoms with van der Waals surface area (Å²) in [5.74, 6) is 2.15. The summed E-state index contributed by atoms with van der Waals surface area (Å²) in [6.07, 6.45) is 2.47. The summed E-state index contributed by atoms with van der Waals surface area (Å²) >= 11 is 7.17. The van der Waals surface area contributed by atoms with Crippen LogP contribution in [-0.4, -0.2) is 9.36 Å². The standard InChI is InChI=1S/C12H12ClN3S/c13-7-8-1-5-10(6-2-8)14-12-15-11(16-17-12)9-3-4-9/h1-2,5-6,9H,3-4,7H2,(H,14,15,16). The van der Waals surface area contributed by atoms with Gasteiger partial charge in [0.05, 0.1) is 0 Å². The van der Waals surface area contributed by atoms with Gasteiger partial charge in [-0.15, -0.1) is 11.6 Å². The molecule has 0 aliphatic heterocycles. The topological polar surface area (TPSA) is 37.8 Å². The number of alkyl halides is 1. The first kappa shape index (κ1) is 11.0. The van der Waals surface area contributed by atoms with E-state index in [0.717, 1.165) is 22.2 Å². The molecule has 3 rings (SSSR count). The maximum Gasteiger partial charge on any atom is 0.207 e. The van der Waals surface area contributed by atoms with E-state index in [-0.39, 0.29) is 0 Å². The predicted molar refractivity (Wildman–Crippen MR) is 71.2 cm³/mol. The second-order valence-electron chi connectivity index (χ2n) is 4.19. The lowest BCUT2D eigenvalue weighted by atomic mass is 10.2. The number of rotatable bonds is 4. The number of hydrogen-bond acceptors (Lipinski definition) is 4. The van der Waals surface area contributed by atoms with Crippen LogP contribution in [0, 0.1) is 0 Å². The zero-order chi connectivity index (χ0) is 11.7. The zero-order valence-corrected chi connectivity index (χ0v) is 10.8. The van der Waals surface area contributed by atoms with E-state index in [1.54, 1.807) is 0 Å². The molecule has 0 atom stereocenters. The van der Waals surface area contributed by atoms with Crippen molar-refractivity contribution in [3.8, 4) is 0 Å². The van der Waals surface area contributed by atoms with Crippen LogP contribution in [0.5, 0.6) is 0 Å². The molecule has 0 saturated heterocycles. The fraction of sp³-hybridized carbons (Fsp3) is 0.333. The second kappa shape index (κ2) is 4.63. The lowest BCUT2D eigenvalue weighted by Crippen LogP contribution is -1.90. The number of hydrogen-bond donors (Lipinski definition) is 1. The maximum absolute atomic E-state index is 5.74. The number of nitrogens with one attached hydrogen (secondary N) is 1. The van der Waals surface area contributed by atoms with E-state index < -0.39 is 0 Å². The third-order valence-corrected chi connectivity index (χ3v) is 3.70. The van der Waals surface area contributed by atoms with Crippen molar-refractivity contribution in [2.75, 3.05) is 5.32 Å². The molecule has 1 aliphatic rings. The Morgan fingerprint density at radius 3 is 2.71 bits per heavy atom. The maximum atomic E-state index is 5.74. The third kappa shape index (κ3) is 2.58. The van der Waals surface area contributed by atoms with Crippen molar-refractivity contribution in [2.45, 2.75) is 24.6 Å². The minimum Gasteiger partial charge on any atom is -0.330 e. The van der Waals surface area contributed by atoms with Crippen molar-refractivity contribution in [3.05, 3.63) is 35.7 Å². The molecule has 1 fully saturated rings. The first-order valence-corrected chi connectivity index (χ1v) is 6.91. The highest BCUT2D eigenvalue weighted by atomic mass is 35.5. The van der Waals surface area contributed by atoms with Crippen LogP contribution in [-0.2, 0) is 5.88 Å². The highest BCUT2D eigenvalue weighted by molar-refractivity contribution is 7.09. The van der Waals surface area contributed by atoms with Crippen LogP contribution in [0.4, 0.5) is 10.8 Å². The molecule has 1 aromatic heterocycles. The predicted octanol–water partition coefficient (Wildman–Crippen LogP) is 3.90. The summed E-state index contributed by atoms with van der Waals surface area (Å²) in [7, 11) is 0. The summed E-state index contributed by atoms with van der Waals surface area (Å²) in [5, 5.41) is 4.13. The lowest BCUT2D eigenvalue weighted by molar-refractivity contribution is 0.987. The number of halogens is 1. The second-order valence-corrected chi connectivity index (χ2v) is 5.21. The Morgan fingerprint density at radius 1 is 1.29 bits per heavy atom. The molecule has 1 heterocycles.